The topological polar surface area (TPSA) is 95.1 Å². The quantitative estimate of drug-likeness (QED) is 0.778. The number of aliphatic carboxylic acids is 1. The molecule has 0 saturated heterocycles. The van der Waals surface area contributed by atoms with Crippen molar-refractivity contribution >= 4 is 17.6 Å². The summed E-state index contributed by atoms with van der Waals surface area (Å²) in [6.45, 7) is 1.85. The molecule has 2 rings (SSSR count). The number of amides is 1. The lowest BCUT2D eigenvalue weighted by atomic mass is 9.98. The van der Waals surface area contributed by atoms with E-state index in [4.69, 9.17) is 5.11 Å². The van der Waals surface area contributed by atoms with E-state index in [1.807, 2.05) is 19.1 Å². The third-order valence-electron chi connectivity index (χ3n) is 2.96. The Balaban J connectivity index is 2.01. The summed E-state index contributed by atoms with van der Waals surface area (Å²) in [5.74, 6) is -1.16. The van der Waals surface area contributed by atoms with Gasteiger partial charge in [-0.2, -0.15) is 5.10 Å². The van der Waals surface area contributed by atoms with Gasteiger partial charge in [-0.25, -0.2) is 0 Å². The summed E-state index contributed by atoms with van der Waals surface area (Å²) < 4.78 is 0. The predicted molar refractivity (Wildman–Crippen MR) is 73.7 cm³/mol. The van der Waals surface area contributed by atoms with Crippen LogP contribution in [0, 0.1) is 0 Å². The van der Waals surface area contributed by atoms with Gasteiger partial charge in [-0.15, -0.1) is 0 Å². The first-order valence-corrected chi connectivity index (χ1v) is 6.18. The van der Waals surface area contributed by atoms with Crippen molar-refractivity contribution in [1.82, 2.24) is 10.2 Å². The molecule has 6 nitrogen and oxygen atoms in total. The minimum atomic E-state index is -0.825. The third-order valence-corrected chi connectivity index (χ3v) is 2.96. The first-order valence-electron chi connectivity index (χ1n) is 6.18. The Morgan fingerprint density at radius 3 is 2.55 bits per heavy atom. The van der Waals surface area contributed by atoms with Gasteiger partial charge in [0.25, 0.3) is 5.91 Å². The molecule has 0 bridgehead atoms. The van der Waals surface area contributed by atoms with Gasteiger partial charge in [0.15, 0.2) is 0 Å². The zero-order valence-electron chi connectivity index (χ0n) is 11.0. The zero-order chi connectivity index (χ0) is 14.5. The Morgan fingerprint density at radius 2 is 2.00 bits per heavy atom. The number of hydrogen-bond acceptors (Lipinski definition) is 3. The van der Waals surface area contributed by atoms with Crippen LogP contribution < -0.4 is 5.32 Å². The molecule has 1 atom stereocenters. The fraction of sp³-hybridized carbons (Fsp3) is 0.214. The maximum absolute atomic E-state index is 11.8. The van der Waals surface area contributed by atoms with Crippen molar-refractivity contribution in [1.29, 1.82) is 0 Å². The van der Waals surface area contributed by atoms with E-state index in [-0.39, 0.29) is 18.2 Å². The number of nitrogens with one attached hydrogen (secondary N) is 2. The number of H-pyrrole nitrogens is 1. The highest BCUT2D eigenvalue weighted by molar-refractivity contribution is 6.02. The molecule has 1 aromatic carbocycles. The molecule has 1 heterocycles. The van der Waals surface area contributed by atoms with E-state index in [0.29, 0.717) is 11.4 Å². The molecule has 1 aromatic heterocycles. The number of carbonyl (C=O) groups is 2. The summed E-state index contributed by atoms with van der Waals surface area (Å²) in [4.78, 5) is 22.4. The van der Waals surface area contributed by atoms with Crippen molar-refractivity contribution in [3.8, 4) is 0 Å². The minimum Gasteiger partial charge on any atom is -0.481 e. The van der Waals surface area contributed by atoms with E-state index < -0.39 is 5.97 Å². The summed E-state index contributed by atoms with van der Waals surface area (Å²) in [6, 6.07) is 8.72. The maximum atomic E-state index is 11.8. The first-order chi connectivity index (χ1) is 9.56. The summed E-state index contributed by atoms with van der Waals surface area (Å²) in [7, 11) is 0. The second-order valence-electron chi connectivity index (χ2n) is 4.55. The Labute approximate surface area is 115 Å². The second-order valence-corrected chi connectivity index (χ2v) is 4.55. The highest BCUT2D eigenvalue weighted by Gasteiger charge is 2.11. The standard InChI is InChI=1S/C14H15N3O3/c1-9(8-13(18)19)10-2-4-11(5-3-10)16-14(20)12-6-7-15-17-12/h2-7,9H,8H2,1H3,(H,15,17)(H,16,20)(H,18,19). The number of rotatable bonds is 5. The molecule has 0 radical (unpaired) electrons. The van der Waals surface area contributed by atoms with Crippen molar-refractivity contribution in [3.05, 3.63) is 47.8 Å². The molecule has 0 aliphatic carbocycles. The number of hydrogen-bond donors (Lipinski definition) is 3. The van der Waals surface area contributed by atoms with Crippen molar-refractivity contribution in [2.45, 2.75) is 19.3 Å². The van der Waals surface area contributed by atoms with Gasteiger partial charge < -0.3 is 10.4 Å². The number of benzene rings is 1. The van der Waals surface area contributed by atoms with Crippen molar-refractivity contribution in [2.75, 3.05) is 5.32 Å². The molecule has 3 N–H and O–H groups in total. The summed E-state index contributed by atoms with van der Waals surface area (Å²) in [6.07, 6.45) is 1.59. The summed E-state index contributed by atoms with van der Waals surface area (Å²) in [5, 5.41) is 17.8. The highest BCUT2D eigenvalue weighted by atomic mass is 16.4. The van der Waals surface area contributed by atoms with Gasteiger partial charge >= 0.3 is 5.97 Å². The molecule has 1 unspecified atom stereocenters. The largest absolute Gasteiger partial charge is 0.481 e. The minimum absolute atomic E-state index is 0.0649. The molecule has 0 aliphatic heterocycles. The molecule has 6 heteroatoms. The SMILES string of the molecule is CC(CC(=O)O)c1ccc(NC(=O)c2ccn[nH]2)cc1. The molecule has 2 aromatic rings. The molecule has 0 saturated carbocycles. The molecular weight excluding hydrogens is 258 g/mol. The predicted octanol–water partition coefficient (Wildman–Crippen LogP) is 2.24. The van der Waals surface area contributed by atoms with Gasteiger partial charge in [0, 0.05) is 11.9 Å². The number of carboxylic acids is 1. The molecule has 20 heavy (non-hydrogen) atoms. The van der Waals surface area contributed by atoms with Crippen LogP contribution >= 0.6 is 0 Å². The Hall–Kier alpha value is -2.63. The fourth-order valence-corrected chi connectivity index (χ4v) is 1.86. The lowest BCUT2D eigenvalue weighted by molar-refractivity contribution is -0.137. The van der Waals surface area contributed by atoms with Gasteiger partial charge in [-0.1, -0.05) is 19.1 Å². The number of anilines is 1. The number of carbonyl (C=O) groups excluding carboxylic acids is 1. The van der Waals surface area contributed by atoms with Gasteiger partial charge in [0.05, 0.1) is 6.42 Å². The van der Waals surface area contributed by atoms with E-state index in [0.717, 1.165) is 5.56 Å². The van der Waals surface area contributed by atoms with Crippen LogP contribution in [0.5, 0.6) is 0 Å². The Morgan fingerprint density at radius 1 is 1.30 bits per heavy atom. The van der Waals surface area contributed by atoms with E-state index in [1.165, 1.54) is 6.20 Å². The second kappa shape index (κ2) is 6.01. The van der Waals surface area contributed by atoms with Crippen LogP contribution in [0.15, 0.2) is 36.5 Å². The van der Waals surface area contributed by atoms with E-state index in [1.54, 1.807) is 18.2 Å². The molecule has 1 amide bonds. The van der Waals surface area contributed by atoms with Crippen LogP contribution in [-0.2, 0) is 4.79 Å². The van der Waals surface area contributed by atoms with E-state index in [9.17, 15) is 9.59 Å². The lowest BCUT2D eigenvalue weighted by Crippen LogP contribution is -2.12. The molecule has 0 aliphatic rings. The Bertz CT molecular complexity index is 591. The number of aromatic amines is 1. The first kappa shape index (κ1) is 13.8. The Kier molecular flexibility index (Phi) is 4.14. The average molecular weight is 273 g/mol. The van der Waals surface area contributed by atoms with Gasteiger partial charge in [-0.3, -0.25) is 14.7 Å². The van der Waals surface area contributed by atoms with Crippen LogP contribution in [0.4, 0.5) is 5.69 Å². The molecular formula is C14H15N3O3. The smallest absolute Gasteiger partial charge is 0.303 e. The van der Waals surface area contributed by atoms with Gasteiger partial charge in [-0.05, 0) is 29.7 Å². The molecule has 0 fully saturated rings. The fourth-order valence-electron chi connectivity index (χ4n) is 1.86. The summed E-state index contributed by atoms with van der Waals surface area (Å²) >= 11 is 0. The number of carboxylic acid groups (broad SMARTS) is 1. The van der Waals surface area contributed by atoms with Crippen molar-refractivity contribution in [2.24, 2.45) is 0 Å². The van der Waals surface area contributed by atoms with Crippen LogP contribution in [-0.4, -0.2) is 27.2 Å². The van der Waals surface area contributed by atoms with E-state index >= 15 is 0 Å². The van der Waals surface area contributed by atoms with Crippen LogP contribution in [0.2, 0.25) is 0 Å². The van der Waals surface area contributed by atoms with Gasteiger partial charge in [0.2, 0.25) is 0 Å². The normalized spacial score (nSPS) is 11.8. The van der Waals surface area contributed by atoms with Crippen LogP contribution in [0.3, 0.4) is 0 Å². The van der Waals surface area contributed by atoms with Crippen molar-refractivity contribution in [3.63, 3.8) is 0 Å². The monoisotopic (exact) mass is 273 g/mol. The zero-order valence-corrected chi connectivity index (χ0v) is 11.0. The van der Waals surface area contributed by atoms with Gasteiger partial charge in [0.1, 0.15) is 5.69 Å². The van der Waals surface area contributed by atoms with Crippen molar-refractivity contribution < 1.29 is 14.7 Å². The third kappa shape index (κ3) is 3.44. The number of aromatic nitrogens is 2. The van der Waals surface area contributed by atoms with Crippen LogP contribution in [0.25, 0.3) is 0 Å². The highest BCUT2D eigenvalue weighted by Crippen LogP contribution is 2.21. The lowest BCUT2D eigenvalue weighted by Gasteiger charge is -2.10. The average Bonchev–Trinajstić information content (AvgIpc) is 2.92. The number of nitrogens with zero attached hydrogens (tertiary/aromatic N) is 1. The van der Waals surface area contributed by atoms with E-state index in [2.05, 4.69) is 15.5 Å². The van der Waals surface area contributed by atoms with Crippen LogP contribution in [0.1, 0.15) is 35.3 Å². The maximum Gasteiger partial charge on any atom is 0.303 e. The molecule has 104 valence electrons. The molecule has 0 spiro atoms. The summed E-state index contributed by atoms with van der Waals surface area (Å²) in [5.41, 5.74) is 1.95.